The maximum absolute atomic E-state index is 9.55. The van der Waals surface area contributed by atoms with Gasteiger partial charge in [-0.2, -0.15) is 0 Å². The van der Waals surface area contributed by atoms with E-state index >= 15 is 0 Å². The molecule has 1 heterocycles. The van der Waals surface area contributed by atoms with Crippen LogP contribution in [0.5, 0.6) is 0 Å². The summed E-state index contributed by atoms with van der Waals surface area (Å²) in [5.41, 5.74) is -0.0262. The molecule has 1 N–H and O–H groups in total. The minimum atomic E-state index is -0.719. The highest BCUT2D eigenvalue weighted by Gasteiger charge is 2.65. The number of terminal acetylenes is 2. The monoisotopic (exact) mass is 160 g/mol. The van der Waals surface area contributed by atoms with Crippen LogP contribution in [-0.2, 0) is 4.74 Å². The fourth-order valence-electron chi connectivity index (χ4n) is 1.69. The second-order valence-electron chi connectivity index (χ2n) is 2.97. The molecule has 0 bridgehead atoms. The van der Waals surface area contributed by atoms with Crippen molar-refractivity contribution in [3.8, 4) is 24.7 Å². The van der Waals surface area contributed by atoms with Gasteiger partial charge in [-0.3, -0.25) is 0 Å². The lowest BCUT2D eigenvalue weighted by atomic mass is 9.96. The van der Waals surface area contributed by atoms with E-state index in [9.17, 15) is 5.11 Å². The Bertz CT molecular complexity index is 329. The predicted molar refractivity (Wildman–Crippen MR) is 44.0 cm³/mol. The molecule has 2 rings (SSSR count). The molecule has 0 saturated carbocycles. The molecule has 12 heavy (non-hydrogen) atoms. The fraction of sp³-hybridized carbons (Fsp3) is 0.400. The molecule has 2 aliphatic rings. The van der Waals surface area contributed by atoms with Gasteiger partial charge in [0.15, 0.2) is 11.7 Å². The van der Waals surface area contributed by atoms with Crippen LogP contribution in [0.3, 0.4) is 0 Å². The van der Waals surface area contributed by atoms with Gasteiger partial charge in [0.2, 0.25) is 0 Å². The van der Waals surface area contributed by atoms with Crippen LogP contribution in [0.2, 0.25) is 0 Å². The maximum atomic E-state index is 9.55. The summed E-state index contributed by atoms with van der Waals surface area (Å²) in [7, 11) is 0. The first-order chi connectivity index (χ1) is 5.75. The first-order valence-electron chi connectivity index (χ1n) is 3.75. The van der Waals surface area contributed by atoms with Gasteiger partial charge >= 0.3 is 0 Å². The van der Waals surface area contributed by atoms with Crippen LogP contribution in [0.25, 0.3) is 0 Å². The zero-order valence-electron chi connectivity index (χ0n) is 6.45. The van der Waals surface area contributed by atoms with Crippen LogP contribution >= 0.6 is 0 Å². The third-order valence-electron chi connectivity index (χ3n) is 2.41. The smallest absolute Gasteiger partial charge is 0.166 e. The Morgan fingerprint density at radius 2 is 2.42 bits per heavy atom. The molecule has 0 aromatic carbocycles. The molecule has 60 valence electrons. The Kier molecular flexibility index (Phi) is 1.32. The van der Waals surface area contributed by atoms with Crippen molar-refractivity contribution in [2.24, 2.45) is 0 Å². The summed E-state index contributed by atoms with van der Waals surface area (Å²) in [4.78, 5) is 0. The predicted octanol–water partition coefficient (Wildman–Crippen LogP) is 0.0814. The number of rotatable bonds is 0. The lowest BCUT2D eigenvalue weighted by Gasteiger charge is -2.09. The van der Waals surface area contributed by atoms with Crippen LogP contribution in [0.1, 0.15) is 6.42 Å². The average molecular weight is 160 g/mol. The van der Waals surface area contributed by atoms with Crippen molar-refractivity contribution in [3.63, 3.8) is 0 Å². The number of epoxide rings is 1. The van der Waals surface area contributed by atoms with Crippen LogP contribution in [-0.4, -0.2) is 22.9 Å². The zero-order chi connectivity index (χ0) is 8.77. The molecule has 1 aliphatic carbocycles. The first kappa shape index (κ1) is 7.43. The number of aliphatic hydroxyl groups is 1. The topological polar surface area (TPSA) is 32.8 Å². The summed E-state index contributed by atoms with van der Waals surface area (Å²) in [6, 6.07) is 0. The fourth-order valence-corrected chi connectivity index (χ4v) is 1.69. The molecule has 0 unspecified atom stereocenters. The molecule has 1 saturated heterocycles. The number of hydrogen-bond acceptors (Lipinski definition) is 2. The summed E-state index contributed by atoms with van der Waals surface area (Å²) in [5, 5.41) is 9.55. The van der Waals surface area contributed by atoms with Gasteiger partial charge in [0.25, 0.3) is 0 Å². The van der Waals surface area contributed by atoms with Crippen molar-refractivity contribution >= 4 is 0 Å². The highest BCUT2D eigenvalue weighted by molar-refractivity contribution is 5.49. The lowest BCUT2D eigenvalue weighted by Crippen LogP contribution is -2.28. The van der Waals surface area contributed by atoms with Gasteiger partial charge in [-0.25, -0.2) is 0 Å². The van der Waals surface area contributed by atoms with E-state index in [1.165, 1.54) is 0 Å². The molecule has 3 atom stereocenters. The number of aliphatic hydroxyl groups excluding tert-OH is 1. The molecular formula is C10H8O2. The quantitative estimate of drug-likeness (QED) is 0.402. The number of hydrogen-bond donors (Lipinski definition) is 1. The third kappa shape index (κ3) is 0.642. The van der Waals surface area contributed by atoms with Gasteiger partial charge in [0.1, 0.15) is 0 Å². The Morgan fingerprint density at radius 3 is 2.92 bits per heavy atom. The van der Waals surface area contributed by atoms with Gasteiger partial charge in [0, 0.05) is 5.57 Å². The average Bonchev–Trinajstić information content (AvgIpc) is 2.72. The van der Waals surface area contributed by atoms with Crippen LogP contribution in [0.15, 0.2) is 11.6 Å². The molecule has 0 amide bonds. The van der Waals surface area contributed by atoms with Crippen LogP contribution in [0, 0.1) is 24.7 Å². The van der Waals surface area contributed by atoms with Crippen molar-refractivity contribution in [3.05, 3.63) is 11.6 Å². The number of ether oxygens (including phenoxy) is 1. The van der Waals surface area contributed by atoms with E-state index in [2.05, 4.69) is 11.8 Å². The molecule has 1 spiro atoms. The zero-order valence-corrected chi connectivity index (χ0v) is 6.45. The van der Waals surface area contributed by atoms with E-state index in [0.717, 1.165) is 0 Å². The van der Waals surface area contributed by atoms with E-state index in [1.807, 2.05) is 6.08 Å². The van der Waals surface area contributed by atoms with Crippen molar-refractivity contribution in [2.45, 2.75) is 24.2 Å². The van der Waals surface area contributed by atoms with E-state index in [1.54, 1.807) is 0 Å². The molecule has 1 aliphatic heterocycles. The Labute approximate surface area is 71.2 Å². The van der Waals surface area contributed by atoms with Gasteiger partial charge in [0.05, 0.1) is 6.10 Å². The lowest BCUT2D eigenvalue weighted by molar-refractivity contribution is 0.110. The molecule has 2 nitrogen and oxygen atoms in total. The summed E-state index contributed by atoms with van der Waals surface area (Å²) in [6.07, 6.45) is 11.9. The second kappa shape index (κ2) is 2.14. The highest BCUT2D eigenvalue weighted by atomic mass is 16.6. The standard InChI is InChI=1S/C10H8O2/c1-3-7-5-6-8(11)10(7)9(4-2)12-10/h1-2,5,8-9,11H,6H2/t8-,9+,10+/m1/s1. The van der Waals surface area contributed by atoms with Gasteiger partial charge in [-0.1, -0.05) is 17.9 Å². The maximum Gasteiger partial charge on any atom is 0.166 e. The van der Waals surface area contributed by atoms with Gasteiger partial charge < -0.3 is 9.84 Å². The Hall–Kier alpha value is -1.22. The largest absolute Gasteiger partial charge is 0.389 e. The molecule has 2 heteroatoms. The van der Waals surface area contributed by atoms with E-state index in [4.69, 9.17) is 17.6 Å². The van der Waals surface area contributed by atoms with Gasteiger partial charge in [-0.15, -0.1) is 12.8 Å². The summed E-state index contributed by atoms with van der Waals surface area (Å²) < 4.78 is 5.23. The Morgan fingerprint density at radius 1 is 1.67 bits per heavy atom. The summed E-state index contributed by atoms with van der Waals surface area (Å²) in [6.45, 7) is 0. The van der Waals surface area contributed by atoms with Gasteiger partial charge in [-0.05, 0) is 6.42 Å². The van der Waals surface area contributed by atoms with Crippen molar-refractivity contribution in [2.75, 3.05) is 0 Å². The minimum absolute atomic E-state index is 0.336. The SMILES string of the molecule is C#CC1=CC[C@@H](O)[C@@]12O[C@H]2C#C. The normalized spacial score (nSPS) is 43.4. The molecule has 0 aromatic rings. The molecule has 0 aromatic heterocycles. The minimum Gasteiger partial charge on any atom is -0.389 e. The van der Waals surface area contributed by atoms with E-state index < -0.39 is 11.7 Å². The molecule has 0 radical (unpaired) electrons. The highest BCUT2D eigenvalue weighted by Crippen LogP contribution is 2.49. The van der Waals surface area contributed by atoms with Crippen molar-refractivity contribution in [1.29, 1.82) is 0 Å². The van der Waals surface area contributed by atoms with Crippen molar-refractivity contribution < 1.29 is 9.84 Å². The van der Waals surface area contributed by atoms with Crippen molar-refractivity contribution in [1.82, 2.24) is 0 Å². The second-order valence-corrected chi connectivity index (χ2v) is 2.97. The van der Waals surface area contributed by atoms with Crippen LogP contribution < -0.4 is 0 Å². The molecular weight excluding hydrogens is 152 g/mol. The third-order valence-corrected chi connectivity index (χ3v) is 2.41. The van der Waals surface area contributed by atoms with E-state index in [-0.39, 0.29) is 6.10 Å². The Balaban J connectivity index is 2.33. The van der Waals surface area contributed by atoms with E-state index in [0.29, 0.717) is 12.0 Å². The van der Waals surface area contributed by atoms with Crippen LogP contribution in [0.4, 0.5) is 0 Å². The summed E-state index contributed by atoms with van der Waals surface area (Å²) >= 11 is 0. The molecule has 1 fully saturated rings. The first-order valence-corrected chi connectivity index (χ1v) is 3.75. The summed E-state index contributed by atoms with van der Waals surface area (Å²) in [5.74, 6) is 4.94.